The highest BCUT2D eigenvalue weighted by Gasteiger charge is 2.57. The second-order valence-electron chi connectivity index (χ2n) is 9.27. The maximum absolute atomic E-state index is 13.0. The Morgan fingerprint density at radius 3 is 1.93 bits per heavy atom. The molecule has 1 fully saturated rings. The van der Waals surface area contributed by atoms with Gasteiger partial charge in [-0.2, -0.15) is 0 Å². The number of benzene rings is 1. The van der Waals surface area contributed by atoms with Crippen molar-refractivity contribution in [3.05, 3.63) is 35.4 Å². The Kier molecular flexibility index (Phi) is 7.45. The van der Waals surface area contributed by atoms with Crippen LogP contribution in [0.5, 0.6) is 0 Å². The van der Waals surface area contributed by atoms with Gasteiger partial charge in [0.2, 0.25) is 0 Å². The molecule has 1 aromatic rings. The third kappa shape index (κ3) is 5.28. The topological polar surface area (TPSA) is 89.9 Å². The quantitative estimate of drug-likeness (QED) is 0.559. The third-order valence-electron chi connectivity index (χ3n) is 5.47. The summed E-state index contributed by atoms with van der Waals surface area (Å²) in [7, 11) is 0. The molecule has 166 valence electrons. The molecule has 0 amide bonds. The van der Waals surface area contributed by atoms with Gasteiger partial charge in [0, 0.05) is 12.3 Å². The maximum Gasteiger partial charge on any atom is 0.317 e. The summed E-state index contributed by atoms with van der Waals surface area (Å²) in [5.74, 6) is -4.56. The normalized spacial score (nSPS) is 26.9. The average Bonchev–Trinajstić information content (AvgIpc) is 2.58. The van der Waals surface area contributed by atoms with Gasteiger partial charge in [-0.25, -0.2) is 0 Å². The first-order chi connectivity index (χ1) is 13.8. The van der Waals surface area contributed by atoms with Gasteiger partial charge in [-0.15, -0.1) is 0 Å². The molecule has 0 aliphatic heterocycles. The highest BCUT2D eigenvalue weighted by atomic mass is 16.5. The van der Waals surface area contributed by atoms with Crippen molar-refractivity contribution in [3.63, 3.8) is 0 Å². The molecule has 0 spiro atoms. The Balaban J connectivity index is 2.61. The van der Waals surface area contributed by atoms with Crippen LogP contribution >= 0.6 is 0 Å². The second-order valence-corrected chi connectivity index (χ2v) is 9.27. The summed E-state index contributed by atoms with van der Waals surface area (Å²) in [6, 6.07) is 7.48. The van der Waals surface area contributed by atoms with E-state index in [0.717, 1.165) is 5.56 Å². The van der Waals surface area contributed by atoms with Crippen molar-refractivity contribution in [1.82, 2.24) is 0 Å². The zero-order chi connectivity index (χ0) is 22.8. The fourth-order valence-corrected chi connectivity index (χ4v) is 4.13. The summed E-state index contributed by atoms with van der Waals surface area (Å²) >= 11 is 0. The molecule has 1 aliphatic rings. The SMILES string of the molecule is CC(C)OC(=O)C1C(=O)CC(C)(O)C(C(=O)OC(C)C)C1c1ccc(C(C)C)cc1. The Bertz CT molecular complexity index is 767. The van der Waals surface area contributed by atoms with E-state index < -0.39 is 53.3 Å². The van der Waals surface area contributed by atoms with Gasteiger partial charge < -0.3 is 14.6 Å². The number of Topliss-reactive ketones (excluding diaryl/α,β-unsaturated/α-hetero) is 1. The van der Waals surface area contributed by atoms with Crippen LogP contribution in [0.15, 0.2) is 24.3 Å². The molecule has 1 saturated carbocycles. The first kappa shape index (κ1) is 24.1. The zero-order valence-corrected chi connectivity index (χ0v) is 19.0. The molecular weight excluding hydrogens is 384 g/mol. The number of ether oxygens (including phenoxy) is 2. The lowest BCUT2D eigenvalue weighted by Crippen LogP contribution is -2.55. The number of aliphatic hydroxyl groups is 1. The van der Waals surface area contributed by atoms with Crippen molar-refractivity contribution in [2.75, 3.05) is 0 Å². The van der Waals surface area contributed by atoms with Crippen LogP contribution in [-0.4, -0.2) is 40.6 Å². The van der Waals surface area contributed by atoms with E-state index in [2.05, 4.69) is 13.8 Å². The van der Waals surface area contributed by atoms with Gasteiger partial charge in [-0.3, -0.25) is 14.4 Å². The summed E-state index contributed by atoms with van der Waals surface area (Å²) < 4.78 is 10.8. The smallest absolute Gasteiger partial charge is 0.317 e. The molecule has 4 unspecified atom stereocenters. The van der Waals surface area contributed by atoms with E-state index in [0.29, 0.717) is 11.5 Å². The molecule has 6 nitrogen and oxygen atoms in total. The monoisotopic (exact) mass is 418 g/mol. The molecular formula is C24H34O6. The molecule has 0 saturated heterocycles. The highest BCUT2D eigenvalue weighted by molar-refractivity contribution is 6.02. The molecule has 1 aliphatic carbocycles. The second kappa shape index (κ2) is 9.29. The molecule has 30 heavy (non-hydrogen) atoms. The molecule has 4 atom stereocenters. The van der Waals surface area contributed by atoms with Crippen molar-refractivity contribution in [2.45, 2.75) is 84.5 Å². The van der Waals surface area contributed by atoms with Crippen LogP contribution in [-0.2, 0) is 23.9 Å². The number of carbonyl (C=O) groups is 3. The van der Waals surface area contributed by atoms with E-state index in [9.17, 15) is 19.5 Å². The Labute approximate surface area is 179 Å². The van der Waals surface area contributed by atoms with Gasteiger partial charge in [0.15, 0.2) is 5.78 Å². The van der Waals surface area contributed by atoms with Crippen molar-refractivity contribution >= 4 is 17.7 Å². The first-order valence-corrected chi connectivity index (χ1v) is 10.6. The maximum atomic E-state index is 13.0. The summed E-state index contributed by atoms with van der Waals surface area (Å²) in [5, 5.41) is 11.1. The van der Waals surface area contributed by atoms with Gasteiger partial charge in [0.05, 0.1) is 23.7 Å². The lowest BCUT2D eigenvalue weighted by molar-refractivity contribution is -0.176. The van der Waals surface area contributed by atoms with E-state index in [1.165, 1.54) is 6.92 Å². The lowest BCUT2D eigenvalue weighted by atomic mass is 9.61. The van der Waals surface area contributed by atoms with E-state index >= 15 is 0 Å². The molecule has 0 bridgehead atoms. The van der Waals surface area contributed by atoms with Gasteiger partial charge in [0.25, 0.3) is 0 Å². The third-order valence-corrected chi connectivity index (χ3v) is 5.47. The minimum absolute atomic E-state index is 0.304. The largest absolute Gasteiger partial charge is 0.463 e. The summed E-state index contributed by atoms with van der Waals surface area (Å²) in [4.78, 5) is 38.9. The number of ketones is 1. The standard InChI is InChI=1S/C24H34O6/c1-13(2)16-8-10-17(11-9-16)19-20(22(26)29-14(3)4)18(25)12-24(7,28)21(19)23(27)30-15(5)6/h8-11,13-15,19-21,28H,12H2,1-7H3. The Morgan fingerprint density at radius 2 is 1.47 bits per heavy atom. The van der Waals surface area contributed by atoms with Crippen molar-refractivity contribution in [1.29, 1.82) is 0 Å². The highest BCUT2D eigenvalue weighted by Crippen LogP contribution is 2.47. The predicted molar refractivity (Wildman–Crippen MR) is 113 cm³/mol. The Hall–Kier alpha value is -2.21. The molecule has 0 radical (unpaired) electrons. The van der Waals surface area contributed by atoms with E-state index in [1.807, 2.05) is 24.3 Å². The fourth-order valence-electron chi connectivity index (χ4n) is 4.13. The van der Waals surface area contributed by atoms with E-state index in [-0.39, 0.29) is 6.42 Å². The number of esters is 2. The average molecular weight is 419 g/mol. The first-order valence-electron chi connectivity index (χ1n) is 10.6. The van der Waals surface area contributed by atoms with E-state index in [1.54, 1.807) is 27.7 Å². The van der Waals surface area contributed by atoms with Crippen molar-refractivity contribution in [2.24, 2.45) is 11.8 Å². The van der Waals surface area contributed by atoms with Gasteiger partial charge >= 0.3 is 11.9 Å². The van der Waals surface area contributed by atoms with Crippen LogP contribution in [0.1, 0.15) is 77.8 Å². The molecule has 0 heterocycles. The van der Waals surface area contributed by atoms with Crippen molar-refractivity contribution in [3.8, 4) is 0 Å². The van der Waals surface area contributed by atoms with Gasteiger partial charge in [-0.05, 0) is 51.7 Å². The van der Waals surface area contributed by atoms with E-state index in [4.69, 9.17) is 9.47 Å². The summed E-state index contributed by atoms with van der Waals surface area (Å²) in [6.07, 6.45) is -1.11. The van der Waals surface area contributed by atoms with Crippen LogP contribution in [0.4, 0.5) is 0 Å². The van der Waals surface area contributed by atoms with Crippen LogP contribution in [0, 0.1) is 11.8 Å². The fraction of sp³-hybridized carbons (Fsp3) is 0.625. The number of carbonyl (C=O) groups excluding carboxylic acids is 3. The molecule has 1 N–H and O–H groups in total. The van der Waals surface area contributed by atoms with Crippen molar-refractivity contribution < 1.29 is 29.0 Å². The predicted octanol–water partition coefficient (Wildman–Crippen LogP) is 3.75. The summed E-state index contributed by atoms with van der Waals surface area (Å²) in [5.41, 5.74) is 0.0818. The number of rotatable bonds is 6. The van der Waals surface area contributed by atoms with Crippen LogP contribution in [0.2, 0.25) is 0 Å². The Morgan fingerprint density at radius 1 is 0.967 bits per heavy atom. The summed E-state index contributed by atoms with van der Waals surface area (Å²) in [6.45, 7) is 12.4. The minimum Gasteiger partial charge on any atom is -0.463 e. The molecule has 2 rings (SSSR count). The van der Waals surface area contributed by atoms with Crippen LogP contribution in [0.25, 0.3) is 0 Å². The van der Waals surface area contributed by atoms with Gasteiger partial charge in [0.1, 0.15) is 5.92 Å². The molecule has 0 aromatic heterocycles. The molecule has 6 heteroatoms. The lowest BCUT2D eigenvalue weighted by Gasteiger charge is -2.44. The van der Waals surface area contributed by atoms with Crippen LogP contribution in [0.3, 0.4) is 0 Å². The minimum atomic E-state index is -1.64. The zero-order valence-electron chi connectivity index (χ0n) is 19.0. The van der Waals surface area contributed by atoms with Gasteiger partial charge in [-0.1, -0.05) is 38.1 Å². The van der Waals surface area contributed by atoms with Crippen LogP contribution < -0.4 is 0 Å². The molecule has 1 aromatic carbocycles. The number of hydrogen-bond donors (Lipinski definition) is 1. The number of hydrogen-bond acceptors (Lipinski definition) is 6.